The number of anilines is 2. The van der Waals surface area contributed by atoms with Gasteiger partial charge >= 0.3 is 0 Å². The van der Waals surface area contributed by atoms with Crippen molar-refractivity contribution < 1.29 is 18.0 Å². The van der Waals surface area contributed by atoms with E-state index in [4.69, 9.17) is 23.2 Å². The number of nitrogens with one attached hydrogen (secondary N) is 2. The zero-order valence-corrected chi connectivity index (χ0v) is 22.7. The van der Waals surface area contributed by atoms with E-state index in [0.29, 0.717) is 33.1 Å². The molecular formula is C26H27Cl2N3O4S. The molecular weight excluding hydrogens is 521 g/mol. The summed E-state index contributed by atoms with van der Waals surface area (Å²) >= 11 is 12.2. The Hall–Kier alpha value is -2.91. The van der Waals surface area contributed by atoms with Crippen molar-refractivity contribution in [3.05, 3.63) is 86.9 Å². The fourth-order valence-electron chi connectivity index (χ4n) is 4.01. The molecule has 2 N–H and O–H groups in total. The van der Waals surface area contributed by atoms with Gasteiger partial charge in [-0.1, -0.05) is 53.0 Å². The Morgan fingerprint density at radius 2 is 1.47 bits per heavy atom. The number of carbonyl (C=O) groups excluding carboxylic acids is 2. The van der Waals surface area contributed by atoms with E-state index in [9.17, 15) is 18.0 Å². The normalized spacial score (nSPS) is 11.4. The molecule has 36 heavy (non-hydrogen) atoms. The second kappa shape index (κ2) is 11.4. The van der Waals surface area contributed by atoms with Crippen LogP contribution in [-0.2, 0) is 26.2 Å². The number of amides is 2. The first-order valence-corrected chi connectivity index (χ1v) is 13.3. The number of hydrogen-bond acceptors (Lipinski definition) is 4. The van der Waals surface area contributed by atoms with Gasteiger partial charge in [-0.2, -0.15) is 4.31 Å². The van der Waals surface area contributed by atoms with Crippen LogP contribution >= 0.6 is 23.2 Å². The van der Waals surface area contributed by atoms with Gasteiger partial charge in [0.1, 0.15) is 0 Å². The first-order chi connectivity index (χ1) is 16.9. The minimum atomic E-state index is -4.07. The van der Waals surface area contributed by atoms with Gasteiger partial charge in [-0.05, 0) is 67.8 Å². The lowest BCUT2D eigenvalue weighted by Crippen LogP contribution is -2.38. The van der Waals surface area contributed by atoms with Crippen molar-refractivity contribution in [1.82, 2.24) is 4.31 Å². The Morgan fingerprint density at radius 1 is 0.861 bits per heavy atom. The number of aryl methyl sites for hydroxylation is 3. The maximum atomic E-state index is 13.8. The van der Waals surface area contributed by atoms with Gasteiger partial charge in [-0.3, -0.25) is 9.59 Å². The molecule has 0 heterocycles. The quantitative estimate of drug-likeness (QED) is 0.377. The molecule has 0 radical (unpaired) electrons. The van der Waals surface area contributed by atoms with Crippen LogP contribution in [0.25, 0.3) is 0 Å². The van der Waals surface area contributed by atoms with Gasteiger partial charge in [0.25, 0.3) is 0 Å². The van der Waals surface area contributed by atoms with Gasteiger partial charge in [-0.25, -0.2) is 8.42 Å². The van der Waals surface area contributed by atoms with Gasteiger partial charge in [0.15, 0.2) is 0 Å². The van der Waals surface area contributed by atoms with Gasteiger partial charge in [0.05, 0.1) is 21.5 Å². The smallest absolute Gasteiger partial charge is 0.244 e. The van der Waals surface area contributed by atoms with Crippen molar-refractivity contribution in [2.24, 2.45) is 0 Å². The van der Waals surface area contributed by atoms with Crippen LogP contribution in [0.5, 0.6) is 0 Å². The van der Waals surface area contributed by atoms with E-state index in [1.807, 2.05) is 6.92 Å². The van der Waals surface area contributed by atoms with Crippen molar-refractivity contribution in [1.29, 1.82) is 0 Å². The maximum Gasteiger partial charge on any atom is 0.244 e. The Kier molecular flexibility index (Phi) is 8.79. The minimum absolute atomic E-state index is 0.0919. The molecule has 3 aromatic rings. The van der Waals surface area contributed by atoms with Gasteiger partial charge in [-0.15, -0.1) is 0 Å². The average molecular weight is 548 g/mol. The van der Waals surface area contributed by atoms with Crippen LogP contribution in [0.15, 0.2) is 59.5 Å². The van der Waals surface area contributed by atoms with E-state index >= 15 is 0 Å². The molecule has 190 valence electrons. The second-order valence-corrected chi connectivity index (χ2v) is 11.2. The largest absolute Gasteiger partial charge is 0.326 e. The SMILES string of the molecule is CC(=O)Nc1cccc(NC(=O)CN(Cc2ccc(Cl)c(Cl)c2)S(=O)(=O)c2c(C)cc(C)cc2C)c1. The molecule has 0 atom stereocenters. The highest BCUT2D eigenvalue weighted by atomic mass is 35.5. The lowest BCUT2D eigenvalue weighted by molar-refractivity contribution is -0.116. The molecule has 3 rings (SSSR count). The van der Waals surface area contributed by atoms with E-state index in [0.717, 1.165) is 9.87 Å². The maximum absolute atomic E-state index is 13.8. The molecule has 0 aliphatic heterocycles. The molecule has 7 nitrogen and oxygen atoms in total. The summed E-state index contributed by atoms with van der Waals surface area (Å²) in [5, 5.41) is 5.99. The highest BCUT2D eigenvalue weighted by Gasteiger charge is 2.30. The molecule has 0 aromatic heterocycles. The molecule has 0 spiro atoms. The summed E-state index contributed by atoms with van der Waals surface area (Å²) in [6, 6.07) is 15.0. The predicted octanol–water partition coefficient (Wildman–Crippen LogP) is 5.71. The number of benzene rings is 3. The van der Waals surface area contributed by atoms with E-state index < -0.39 is 22.5 Å². The highest BCUT2D eigenvalue weighted by Crippen LogP contribution is 2.28. The lowest BCUT2D eigenvalue weighted by atomic mass is 10.1. The Morgan fingerprint density at radius 3 is 2.06 bits per heavy atom. The number of hydrogen-bond donors (Lipinski definition) is 2. The molecule has 0 unspecified atom stereocenters. The first-order valence-electron chi connectivity index (χ1n) is 11.1. The average Bonchev–Trinajstić information content (AvgIpc) is 2.74. The van der Waals surface area contributed by atoms with E-state index in [-0.39, 0.29) is 22.4 Å². The van der Waals surface area contributed by atoms with Crippen molar-refractivity contribution >= 4 is 56.4 Å². The number of carbonyl (C=O) groups is 2. The minimum Gasteiger partial charge on any atom is -0.326 e. The summed E-state index contributed by atoms with van der Waals surface area (Å²) in [6.45, 7) is 6.21. The fraction of sp³-hybridized carbons (Fsp3) is 0.231. The van der Waals surface area contributed by atoms with Crippen LogP contribution in [0.2, 0.25) is 10.0 Å². The molecule has 0 fully saturated rings. The summed E-state index contributed by atoms with van der Waals surface area (Å²) in [5.41, 5.74) is 3.63. The summed E-state index contributed by atoms with van der Waals surface area (Å²) in [4.78, 5) is 24.5. The molecule has 2 amide bonds. The van der Waals surface area contributed by atoms with Gasteiger partial charge < -0.3 is 10.6 Å². The summed E-state index contributed by atoms with van der Waals surface area (Å²) in [6.07, 6.45) is 0. The van der Waals surface area contributed by atoms with Crippen LogP contribution in [0.1, 0.15) is 29.2 Å². The first kappa shape index (κ1) is 27.7. The Labute approximate surface area is 221 Å². The number of halogens is 2. The molecule has 0 aliphatic carbocycles. The van der Waals surface area contributed by atoms with E-state index in [2.05, 4.69) is 10.6 Å². The van der Waals surface area contributed by atoms with E-state index in [1.165, 1.54) is 6.92 Å². The standard InChI is InChI=1S/C26H27Cl2N3O4S/c1-16-10-17(2)26(18(3)11-16)36(34,35)31(14-20-8-9-23(27)24(28)12-20)15-25(33)30-22-7-5-6-21(13-22)29-19(4)32/h5-13H,14-15H2,1-4H3,(H,29,32)(H,30,33). The molecule has 0 saturated carbocycles. The highest BCUT2D eigenvalue weighted by molar-refractivity contribution is 7.89. The van der Waals surface area contributed by atoms with Crippen LogP contribution in [0.4, 0.5) is 11.4 Å². The Balaban J connectivity index is 1.95. The topological polar surface area (TPSA) is 95.6 Å². The van der Waals surface area contributed by atoms with Crippen molar-refractivity contribution in [2.75, 3.05) is 17.2 Å². The third-order valence-corrected chi connectivity index (χ3v) is 8.17. The van der Waals surface area contributed by atoms with Crippen LogP contribution < -0.4 is 10.6 Å². The van der Waals surface area contributed by atoms with Gasteiger partial charge in [0.2, 0.25) is 21.8 Å². The third kappa shape index (κ3) is 6.85. The van der Waals surface area contributed by atoms with Crippen LogP contribution in [0, 0.1) is 20.8 Å². The molecule has 10 heteroatoms. The number of nitrogens with zero attached hydrogens (tertiary/aromatic N) is 1. The number of sulfonamides is 1. The van der Waals surface area contributed by atoms with Crippen LogP contribution in [0.3, 0.4) is 0 Å². The summed E-state index contributed by atoms with van der Waals surface area (Å²) in [5.74, 6) is -0.790. The predicted molar refractivity (Wildman–Crippen MR) is 144 cm³/mol. The second-order valence-electron chi connectivity index (χ2n) is 8.56. The number of rotatable bonds is 8. The summed E-state index contributed by atoms with van der Waals surface area (Å²) < 4.78 is 28.8. The molecule has 0 bridgehead atoms. The van der Waals surface area contributed by atoms with E-state index in [1.54, 1.807) is 68.4 Å². The molecule has 3 aromatic carbocycles. The van der Waals surface area contributed by atoms with Crippen molar-refractivity contribution in [3.63, 3.8) is 0 Å². The van der Waals surface area contributed by atoms with Gasteiger partial charge in [0, 0.05) is 24.8 Å². The zero-order chi connectivity index (χ0) is 26.6. The summed E-state index contributed by atoms with van der Waals surface area (Å²) in [7, 11) is -4.07. The molecule has 0 aliphatic rings. The Bertz CT molecular complexity index is 1400. The monoisotopic (exact) mass is 547 g/mol. The molecule has 0 saturated heterocycles. The van der Waals surface area contributed by atoms with Crippen LogP contribution in [-0.4, -0.2) is 31.1 Å². The third-order valence-electron chi connectivity index (χ3n) is 5.33. The fourth-order valence-corrected chi connectivity index (χ4v) is 6.13. The zero-order valence-electron chi connectivity index (χ0n) is 20.4. The lowest BCUT2D eigenvalue weighted by Gasteiger charge is -2.24. The van der Waals surface area contributed by atoms with Crippen molar-refractivity contribution in [3.8, 4) is 0 Å². The van der Waals surface area contributed by atoms with Crippen molar-refractivity contribution in [2.45, 2.75) is 39.1 Å².